The number of pyridine rings is 1. The first kappa shape index (κ1) is 23.5. The molecule has 0 aliphatic rings. The highest BCUT2D eigenvalue weighted by molar-refractivity contribution is 9.10. The summed E-state index contributed by atoms with van der Waals surface area (Å²) in [6, 6.07) is 18.8. The highest BCUT2D eigenvalue weighted by Gasteiger charge is 2.18. The quantitative estimate of drug-likeness (QED) is 0.256. The van der Waals surface area contributed by atoms with Gasteiger partial charge in [0.25, 0.3) is 5.91 Å². The van der Waals surface area contributed by atoms with Gasteiger partial charge in [-0.1, -0.05) is 68.9 Å². The molecule has 0 spiro atoms. The van der Waals surface area contributed by atoms with Gasteiger partial charge in [0.05, 0.1) is 32.5 Å². The van der Waals surface area contributed by atoms with Crippen LogP contribution in [-0.2, 0) is 9.53 Å². The van der Waals surface area contributed by atoms with E-state index in [1.807, 2.05) is 6.07 Å². The van der Waals surface area contributed by atoms with Gasteiger partial charge in [0.1, 0.15) is 0 Å². The van der Waals surface area contributed by atoms with Crippen LogP contribution in [0, 0.1) is 0 Å². The molecule has 1 aromatic heterocycles. The summed E-state index contributed by atoms with van der Waals surface area (Å²) in [5.74, 6) is -1.19. The van der Waals surface area contributed by atoms with Crippen molar-refractivity contribution in [3.8, 4) is 11.3 Å². The van der Waals surface area contributed by atoms with Crippen molar-refractivity contribution in [3.05, 3.63) is 91.8 Å². The van der Waals surface area contributed by atoms with Crippen LogP contribution < -0.4 is 5.32 Å². The van der Waals surface area contributed by atoms with Gasteiger partial charge in [-0.25, -0.2) is 9.78 Å². The average Bonchev–Trinajstić information content (AvgIpc) is 2.78. The van der Waals surface area contributed by atoms with Gasteiger partial charge >= 0.3 is 5.97 Å². The minimum atomic E-state index is -0.669. The lowest BCUT2D eigenvalue weighted by atomic mass is 10.0. The molecule has 4 aromatic rings. The number of carbonyl (C=O) groups is 2. The zero-order valence-electron chi connectivity index (χ0n) is 16.7. The van der Waals surface area contributed by atoms with Gasteiger partial charge in [-0.15, -0.1) is 0 Å². The van der Waals surface area contributed by atoms with Crippen LogP contribution in [0.15, 0.2) is 71.2 Å². The van der Waals surface area contributed by atoms with Crippen LogP contribution in [0.4, 0.5) is 5.69 Å². The zero-order chi connectivity index (χ0) is 23.5. The summed E-state index contributed by atoms with van der Waals surface area (Å²) in [5.41, 5.74) is 2.35. The first-order chi connectivity index (χ1) is 15.8. The second-order valence-electron chi connectivity index (χ2n) is 6.94. The monoisotopic (exact) mass is 562 g/mol. The van der Waals surface area contributed by atoms with E-state index in [4.69, 9.17) is 39.5 Å². The lowest BCUT2D eigenvalue weighted by Gasteiger charge is -2.12. The molecule has 0 aliphatic carbocycles. The number of benzene rings is 3. The van der Waals surface area contributed by atoms with Crippen LogP contribution in [0.25, 0.3) is 22.2 Å². The summed E-state index contributed by atoms with van der Waals surface area (Å²) >= 11 is 21.8. The normalized spacial score (nSPS) is 10.8. The smallest absolute Gasteiger partial charge is 0.339 e. The van der Waals surface area contributed by atoms with E-state index in [0.29, 0.717) is 42.9 Å². The Hall–Kier alpha value is -2.64. The maximum absolute atomic E-state index is 12.9. The first-order valence-electron chi connectivity index (χ1n) is 9.59. The fraction of sp³-hybridized carbons (Fsp3) is 0.0417. The number of rotatable bonds is 5. The molecule has 1 amide bonds. The predicted molar refractivity (Wildman–Crippen MR) is 135 cm³/mol. The fourth-order valence-electron chi connectivity index (χ4n) is 3.17. The van der Waals surface area contributed by atoms with Crippen LogP contribution in [0.1, 0.15) is 10.4 Å². The second kappa shape index (κ2) is 10.1. The summed E-state index contributed by atoms with van der Waals surface area (Å²) in [6.07, 6.45) is 0. The Balaban J connectivity index is 1.59. The van der Waals surface area contributed by atoms with Gasteiger partial charge < -0.3 is 10.1 Å². The van der Waals surface area contributed by atoms with Gasteiger partial charge in [-0.05, 0) is 48.5 Å². The van der Waals surface area contributed by atoms with E-state index in [-0.39, 0.29) is 5.56 Å². The Labute approximate surface area is 212 Å². The molecule has 33 heavy (non-hydrogen) atoms. The molecule has 0 saturated carbocycles. The van der Waals surface area contributed by atoms with E-state index in [2.05, 4.69) is 26.2 Å². The standard InChI is InChI=1S/C24H14BrCl3N2O3/c25-13-5-8-21(19(28)9-13)30-23(31)12-33-24(32)17-11-22(16-7-6-14(26)10-18(16)27)29-20-4-2-1-3-15(17)20/h1-11H,12H2,(H,30,31). The molecule has 0 aliphatic heterocycles. The highest BCUT2D eigenvalue weighted by Crippen LogP contribution is 2.32. The highest BCUT2D eigenvalue weighted by atomic mass is 79.9. The molecular weight excluding hydrogens is 551 g/mol. The molecule has 1 N–H and O–H groups in total. The molecule has 0 bridgehead atoms. The third kappa shape index (κ3) is 5.47. The zero-order valence-corrected chi connectivity index (χ0v) is 20.6. The average molecular weight is 565 g/mol. The van der Waals surface area contributed by atoms with Crippen LogP contribution in [0.5, 0.6) is 0 Å². The number of fused-ring (bicyclic) bond motifs is 1. The van der Waals surface area contributed by atoms with Crippen LogP contribution in [0.2, 0.25) is 15.1 Å². The number of carbonyl (C=O) groups excluding carboxylic acids is 2. The van der Waals surface area contributed by atoms with Gasteiger partial charge in [0.15, 0.2) is 6.61 Å². The summed E-state index contributed by atoms with van der Waals surface area (Å²) in [4.78, 5) is 29.9. The Bertz CT molecular complexity index is 1400. The SMILES string of the molecule is O=C(COC(=O)c1cc(-c2ccc(Cl)cc2Cl)nc2ccccc12)Nc1ccc(Br)cc1Cl. The Morgan fingerprint density at radius 2 is 1.73 bits per heavy atom. The van der Waals surface area contributed by atoms with Crippen molar-refractivity contribution in [2.45, 2.75) is 0 Å². The first-order valence-corrected chi connectivity index (χ1v) is 11.5. The largest absolute Gasteiger partial charge is 0.452 e. The van der Waals surface area contributed by atoms with Crippen molar-refractivity contribution in [3.63, 3.8) is 0 Å². The molecular formula is C24H14BrCl3N2O3. The van der Waals surface area contributed by atoms with Crippen molar-refractivity contribution in [2.75, 3.05) is 11.9 Å². The van der Waals surface area contributed by atoms with Crippen LogP contribution in [-0.4, -0.2) is 23.5 Å². The predicted octanol–water partition coefficient (Wildman–Crippen LogP) is 7.42. The lowest BCUT2D eigenvalue weighted by Crippen LogP contribution is -2.21. The molecule has 4 rings (SSSR count). The number of esters is 1. The Morgan fingerprint density at radius 3 is 2.48 bits per heavy atom. The topological polar surface area (TPSA) is 68.3 Å². The van der Waals surface area contributed by atoms with E-state index in [1.54, 1.807) is 60.7 Å². The number of nitrogens with one attached hydrogen (secondary N) is 1. The number of ether oxygens (including phenoxy) is 1. The summed E-state index contributed by atoms with van der Waals surface area (Å²) < 4.78 is 6.06. The maximum Gasteiger partial charge on any atom is 0.339 e. The summed E-state index contributed by atoms with van der Waals surface area (Å²) in [5, 5.41) is 4.45. The number of nitrogens with zero attached hydrogens (tertiary/aromatic N) is 1. The molecule has 3 aromatic carbocycles. The third-order valence-corrected chi connectivity index (χ3v) is 6.04. The van der Waals surface area contributed by atoms with E-state index in [1.165, 1.54) is 0 Å². The number of aromatic nitrogens is 1. The van der Waals surface area contributed by atoms with Crippen LogP contribution >= 0.6 is 50.7 Å². The molecule has 1 heterocycles. The van der Waals surface area contributed by atoms with E-state index < -0.39 is 18.5 Å². The second-order valence-corrected chi connectivity index (χ2v) is 9.11. The number of amides is 1. The van der Waals surface area contributed by atoms with E-state index in [0.717, 1.165) is 4.47 Å². The van der Waals surface area contributed by atoms with Crippen molar-refractivity contribution in [2.24, 2.45) is 0 Å². The van der Waals surface area contributed by atoms with Gasteiger partial charge in [0, 0.05) is 20.4 Å². The van der Waals surface area contributed by atoms with Gasteiger partial charge in [-0.3, -0.25) is 4.79 Å². The number of anilines is 1. The van der Waals surface area contributed by atoms with Crippen molar-refractivity contribution in [1.29, 1.82) is 0 Å². The molecule has 0 radical (unpaired) electrons. The van der Waals surface area contributed by atoms with E-state index >= 15 is 0 Å². The number of hydrogen-bond donors (Lipinski definition) is 1. The van der Waals surface area contributed by atoms with Crippen molar-refractivity contribution >= 4 is 79.2 Å². The minimum Gasteiger partial charge on any atom is -0.452 e. The molecule has 0 fully saturated rings. The van der Waals surface area contributed by atoms with Crippen molar-refractivity contribution in [1.82, 2.24) is 4.98 Å². The maximum atomic E-state index is 12.9. The van der Waals surface area contributed by atoms with Crippen molar-refractivity contribution < 1.29 is 14.3 Å². The molecule has 0 atom stereocenters. The lowest BCUT2D eigenvalue weighted by molar-refractivity contribution is -0.119. The summed E-state index contributed by atoms with van der Waals surface area (Å²) in [6.45, 7) is -0.487. The molecule has 166 valence electrons. The minimum absolute atomic E-state index is 0.260. The molecule has 5 nitrogen and oxygen atoms in total. The Kier molecular flexibility index (Phi) is 7.20. The third-order valence-electron chi connectivity index (χ3n) is 4.68. The number of hydrogen-bond acceptors (Lipinski definition) is 4. The molecule has 0 saturated heterocycles. The number of para-hydroxylation sites is 1. The molecule has 0 unspecified atom stereocenters. The van der Waals surface area contributed by atoms with Gasteiger partial charge in [-0.2, -0.15) is 0 Å². The van der Waals surface area contributed by atoms with Gasteiger partial charge in [0.2, 0.25) is 0 Å². The molecule has 9 heteroatoms. The summed E-state index contributed by atoms with van der Waals surface area (Å²) in [7, 11) is 0. The van der Waals surface area contributed by atoms with Crippen LogP contribution in [0.3, 0.4) is 0 Å². The number of halogens is 4. The fourth-order valence-corrected chi connectivity index (χ4v) is 4.39. The Morgan fingerprint density at radius 1 is 0.939 bits per heavy atom. The van der Waals surface area contributed by atoms with E-state index in [9.17, 15) is 9.59 Å².